The van der Waals surface area contributed by atoms with Gasteiger partial charge in [-0.1, -0.05) is 17.7 Å². The summed E-state index contributed by atoms with van der Waals surface area (Å²) >= 11 is 5.83. The number of benzene rings is 1. The number of carbonyl (C=O) groups excluding carboxylic acids is 1. The SMILES string of the molecule is CC(=O)c1ccc(Oc2cccc(Cl)c2)nc1. The molecular weight excluding hydrogens is 238 g/mol. The van der Waals surface area contributed by atoms with E-state index in [0.717, 1.165) is 0 Å². The van der Waals surface area contributed by atoms with Crippen molar-refractivity contribution in [3.63, 3.8) is 0 Å². The zero-order valence-electron chi connectivity index (χ0n) is 9.18. The maximum atomic E-state index is 11.1. The van der Waals surface area contributed by atoms with Crippen LogP contribution in [-0.4, -0.2) is 10.8 Å². The summed E-state index contributed by atoms with van der Waals surface area (Å²) < 4.78 is 5.49. The Labute approximate surface area is 104 Å². The van der Waals surface area contributed by atoms with Gasteiger partial charge in [-0.2, -0.15) is 0 Å². The molecule has 1 heterocycles. The molecule has 17 heavy (non-hydrogen) atoms. The first kappa shape index (κ1) is 11.6. The van der Waals surface area contributed by atoms with Crippen LogP contribution in [0.4, 0.5) is 0 Å². The van der Waals surface area contributed by atoms with Gasteiger partial charge in [0, 0.05) is 22.8 Å². The van der Waals surface area contributed by atoms with E-state index in [1.165, 1.54) is 13.1 Å². The minimum Gasteiger partial charge on any atom is -0.439 e. The fraction of sp³-hybridized carbons (Fsp3) is 0.0769. The van der Waals surface area contributed by atoms with Gasteiger partial charge in [-0.05, 0) is 31.2 Å². The van der Waals surface area contributed by atoms with Crippen molar-refractivity contribution < 1.29 is 9.53 Å². The summed E-state index contributed by atoms with van der Waals surface area (Å²) in [6.45, 7) is 1.49. The number of carbonyl (C=O) groups is 1. The van der Waals surface area contributed by atoms with Crippen LogP contribution >= 0.6 is 11.6 Å². The predicted molar refractivity (Wildman–Crippen MR) is 65.8 cm³/mol. The van der Waals surface area contributed by atoms with Gasteiger partial charge in [0.05, 0.1) is 0 Å². The van der Waals surface area contributed by atoms with Crippen LogP contribution in [0.2, 0.25) is 5.02 Å². The Balaban J connectivity index is 2.16. The number of hydrogen-bond acceptors (Lipinski definition) is 3. The molecule has 86 valence electrons. The average Bonchev–Trinajstić information content (AvgIpc) is 2.29. The van der Waals surface area contributed by atoms with Gasteiger partial charge in [-0.3, -0.25) is 4.79 Å². The highest BCUT2D eigenvalue weighted by molar-refractivity contribution is 6.30. The van der Waals surface area contributed by atoms with Crippen molar-refractivity contribution in [2.75, 3.05) is 0 Å². The Morgan fingerprint density at radius 3 is 2.71 bits per heavy atom. The third kappa shape index (κ3) is 3.04. The van der Waals surface area contributed by atoms with Crippen molar-refractivity contribution in [1.82, 2.24) is 4.98 Å². The normalized spacial score (nSPS) is 10.0. The van der Waals surface area contributed by atoms with Crippen LogP contribution in [0.5, 0.6) is 11.6 Å². The Bertz CT molecular complexity index is 537. The number of Topliss-reactive ketones (excluding diaryl/α,β-unsaturated/α-hetero) is 1. The Kier molecular flexibility index (Phi) is 3.40. The standard InChI is InChI=1S/C13H10ClNO2/c1-9(16)10-5-6-13(15-8-10)17-12-4-2-3-11(14)7-12/h2-8H,1H3. The van der Waals surface area contributed by atoms with Gasteiger partial charge in [0.25, 0.3) is 0 Å². The van der Waals surface area contributed by atoms with Crippen LogP contribution in [0.3, 0.4) is 0 Å². The van der Waals surface area contributed by atoms with Crippen molar-refractivity contribution in [1.29, 1.82) is 0 Å². The number of aromatic nitrogens is 1. The van der Waals surface area contributed by atoms with Crippen molar-refractivity contribution in [3.05, 3.63) is 53.2 Å². The number of ketones is 1. The number of hydrogen-bond donors (Lipinski definition) is 0. The zero-order chi connectivity index (χ0) is 12.3. The lowest BCUT2D eigenvalue weighted by atomic mass is 10.2. The third-order valence-corrected chi connectivity index (χ3v) is 2.40. The van der Waals surface area contributed by atoms with Gasteiger partial charge >= 0.3 is 0 Å². The van der Waals surface area contributed by atoms with Gasteiger partial charge in [-0.15, -0.1) is 0 Å². The van der Waals surface area contributed by atoms with Crippen LogP contribution in [0.15, 0.2) is 42.6 Å². The summed E-state index contributed by atoms with van der Waals surface area (Å²) in [4.78, 5) is 15.1. The predicted octanol–water partition coefficient (Wildman–Crippen LogP) is 3.73. The summed E-state index contributed by atoms with van der Waals surface area (Å²) in [7, 11) is 0. The molecule has 2 aromatic rings. The van der Waals surface area contributed by atoms with Crippen molar-refractivity contribution >= 4 is 17.4 Å². The topological polar surface area (TPSA) is 39.2 Å². The molecule has 0 unspecified atom stereocenters. The molecule has 0 bridgehead atoms. The first-order valence-corrected chi connectivity index (χ1v) is 5.43. The molecule has 0 aliphatic heterocycles. The molecule has 4 heteroatoms. The summed E-state index contributed by atoms with van der Waals surface area (Å²) in [6, 6.07) is 10.4. The molecule has 0 fully saturated rings. The maximum Gasteiger partial charge on any atom is 0.219 e. The van der Waals surface area contributed by atoms with Gasteiger partial charge in [0.2, 0.25) is 5.88 Å². The van der Waals surface area contributed by atoms with Crippen LogP contribution in [0.1, 0.15) is 17.3 Å². The van der Waals surface area contributed by atoms with Crippen LogP contribution in [0, 0.1) is 0 Å². The minimum absolute atomic E-state index is 0.0215. The van der Waals surface area contributed by atoms with Crippen LogP contribution in [0.25, 0.3) is 0 Å². The van der Waals surface area contributed by atoms with Gasteiger partial charge in [0.1, 0.15) is 5.75 Å². The second-order valence-electron chi connectivity index (χ2n) is 3.50. The monoisotopic (exact) mass is 247 g/mol. The molecule has 0 aliphatic carbocycles. The smallest absolute Gasteiger partial charge is 0.219 e. The highest BCUT2D eigenvalue weighted by Crippen LogP contribution is 2.22. The largest absolute Gasteiger partial charge is 0.439 e. The van der Waals surface area contributed by atoms with Crippen molar-refractivity contribution in [2.24, 2.45) is 0 Å². The second-order valence-corrected chi connectivity index (χ2v) is 3.94. The van der Waals surface area contributed by atoms with E-state index in [9.17, 15) is 4.79 Å². The third-order valence-electron chi connectivity index (χ3n) is 2.16. The van der Waals surface area contributed by atoms with Crippen molar-refractivity contribution in [2.45, 2.75) is 6.92 Å². The van der Waals surface area contributed by atoms with Crippen LogP contribution < -0.4 is 4.74 Å². The quantitative estimate of drug-likeness (QED) is 0.776. The molecule has 0 atom stereocenters. The zero-order valence-corrected chi connectivity index (χ0v) is 9.94. The molecule has 0 saturated carbocycles. The molecule has 0 N–H and O–H groups in total. The fourth-order valence-electron chi connectivity index (χ4n) is 1.30. The maximum absolute atomic E-state index is 11.1. The Morgan fingerprint density at radius 2 is 2.12 bits per heavy atom. The van der Waals surface area contributed by atoms with Crippen LogP contribution in [-0.2, 0) is 0 Å². The van der Waals surface area contributed by atoms with E-state index in [2.05, 4.69) is 4.98 Å². The van der Waals surface area contributed by atoms with E-state index in [1.54, 1.807) is 36.4 Å². The number of pyridine rings is 1. The first-order valence-electron chi connectivity index (χ1n) is 5.05. The van der Waals surface area contributed by atoms with E-state index in [1.807, 2.05) is 0 Å². The van der Waals surface area contributed by atoms with E-state index < -0.39 is 0 Å². The summed E-state index contributed by atoms with van der Waals surface area (Å²) in [5, 5.41) is 0.600. The molecule has 3 nitrogen and oxygen atoms in total. The number of halogens is 1. The summed E-state index contributed by atoms with van der Waals surface area (Å²) in [6.07, 6.45) is 1.49. The lowest BCUT2D eigenvalue weighted by Crippen LogP contribution is -1.94. The van der Waals surface area contributed by atoms with Gasteiger partial charge in [0.15, 0.2) is 5.78 Å². The highest BCUT2D eigenvalue weighted by atomic mass is 35.5. The van der Waals surface area contributed by atoms with Crippen molar-refractivity contribution in [3.8, 4) is 11.6 Å². The molecule has 0 radical (unpaired) electrons. The van der Waals surface area contributed by atoms with E-state index in [-0.39, 0.29) is 5.78 Å². The van der Waals surface area contributed by atoms with E-state index in [4.69, 9.17) is 16.3 Å². The highest BCUT2D eigenvalue weighted by Gasteiger charge is 2.02. The lowest BCUT2D eigenvalue weighted by molar-refractivity contribution is 0.101. The number of nitrogens with zero attached hydrogens (tertiary/aromatic N) is 1. The Hall–Kier alpha value is -1.87. The fourth-order valence-corrected chi connectivity index (χ4v) is 1.48. The molecule has 0 saturated heterocycles. The minimum atomic E-state index is -0.0215. The first-order chi connectivity index (χ1) is 8.15. The number of rotatable bonds is 3. The summed E-state index contributed by atoms with van der Waals surface area (Å²) in [5.41, 5.74) is 0.559. The summed E-state index contributed by atoms with van der Waals surface area (Å²) in [5.74, 6) is 1.02. The molecule has 0 aliphatic rings. The molecule has 0 spiro atoms. The molecule has 2 rings (SSSR count). The molecule has 1 aromatic carbocycles. The van der Waals surface area contributed by atoms with Gasteiger partial charge < -0.3 is 4.74 Å². The number of ether oxygens (including phenoxy) is 1. The molecule has 1 aromatic heterocycles. The Morgan fingerprint density at radius 1 is 1.29 bits per heavy atom. The molecule has 0 amide bonds. The van der Waals surface area contributed by atoms with Gasteiger partial charge in [-0.25, -0.2) is 4.98 Å². The second kappa shape index (κ2) is 4.97. The lowest BCUT2D eigenvalue weighted by Gasteiger charge is -2.04. The van der Waals surface area contributed by atoms with E-state index >= 15 is 0 Å². The van der Waals surface area contributed by atoms with E-state index in [0.29, 0.717) is 22.2 Å². The average molecular weight is 248 g/mol. The molecular formula is C13H10ClNO2.